The molecule has 0 radical (unpaired) electrons. The molecule has 3 aromatic carbocycles. The zero-order valence-electron chi connectivity index (χ0n) is 21.0. The Morgan fingerprint density at radius 1 is 1.05 bits per heavy atom. The van der Waals surface area contributed by atoms with Gasteiger partial charge < -0.3 is 15.0 Å². The van der Waals surface area contributed by atoms with Crippen molar-refractivity contribution in [2.75, 3.05) is 6.61 Å². The van der Waals surface area contributed by atoms with E-state index >= 15 is 0 Å². The Hall–Kier alpha value is -3.19. The number of ether oxygens (including phenoxy) is 1. The van der Waals surface area contributed by atoms with E-state index in [1.54, 1.807) is 24.3 Å². The van der Waals surface area contributed by atoms with Gasteiger partial charge in [0.2, 0.25) is 5.91 Å². The van der Waals surface area contributed by atoms with Crippen LogP contribution < -0.4 is 10.1 Å². The van der Waals surface area contributed by atoms with Crippen molar-refractivity contribution in [2.24, 2.45) is 0 Å². The highest BCUT2D eigenvalue weighted by atomic mass is 79.9. The van der Waals surface area contributed by atoms with E-state index in [1.165, 1.54) is 11.0 Å². The van der Waals surface area contributed by atoms with Gasteiger partial charge in [-0.05, 0) is 55.2 Å². The van der Waals surface area contributed by atoms with Crippen LogP contribution in [0, 0.1) is 12.7 Å². The van der Waals surface area contributed by atoms with Gasteiger partial charge in [-0.1, -0.05) is 77.3 Å². The molecular formula is C30H32BrFN2O3. The topological polar surface area (TPSA) is 58.6 Å². The van der Waals surface area contributed by atoms with Crippen molar-refractivity contribution in [3.8, 4) is 5.75 Å². The van der Waals surface area contributed by atoms with Crippen LogP contribution in [0.5, 0.6) is 5.75 Å². The van der Waals surface area contributed by atoms with Crippen molar-refractivity contribution in [3.05, 3.63) is 99.8 Å². The summed E-state index contributed by atoms with van der Waals surface area (Å²) in [6.45, 7) is 1.63. The van der Waals surface area contributed by atoms with Gasteiger partial charge in [0.1, 0.15) is 17.6 Å². The van der Waals surface area contributed by atoms with Crippen LogP contribution in [0.25, 0.3) is 0 Å². The first-order valence-corrected chi connectivity index (χ1v) is 13.5. The molecule has 1 N–H and O–H groups in total. The first-order chi connectivity index (χ1) is 17.9. The minimum atomic E-state index is -0.814. The number of carbonyl (C=O) groups is 2. The summed E-state index contributed by atoms with van der Waals surface area (Å²) in [5.41, 5.74) is 2.25. The number of hydrogen-bond acceptors (Lipinski definition) is 3. The molecule has 7 heteroatoms. The zero-order chi connectivity index (χ0) is 26.2. The Labute approximate surface area is 226 Å². The summed E-state index contributed by atoms with van der Waals surface area (Å²) in [5.74, 6) is -0.472. The van der Waals surface area contributed by atoms with E-state index < -0.39 is 11.9 Å². The Morgan fingerprint density at radius 2 is 1.76 bits per heavy atom. The number of rotatable bonds is 10. The predicted molar refractivity (Wildman–Crippen MR) is 146 cm³/mol. The maximum Gasteiger partial charge on any atom is 0.261 e. The average Bonchev–Trinajstić information content (AvgIpc) is 3.41. The third-order valence-electron chi connectivity index (χ3n) is 6.76. The summed E-state index contributed by atoms with van der Waals surface area (Å²) in [5, 5.41) is 3.15. The molecule has 0 heterocycles. The van der Waals surface area contributed by atoms with Gasteiger partial charge in [-0.25, -0.2) is 4.39 Å². The van der Waals surface area contributed by atoms with Gasteiger partial charge in [-0.2, -0.15) is 0 Å². The Morgan fingerprint density at radius 3 is 2.46 bits per heavy atom. The predicted octanol–water partition coefficient (Wildman–Crippen LogP) is 5.97. The standard InChI is InChI=1S/C30H32BrFN2O3/c1-21-17-25(15-16-26(21)31)37-20-29(35)34(19-23-11-5-8-14-27(23)32)28(18-22-9-3-2-4-10-22)30(36)33-24-12-6-7-13-24/h2-5,8-11,14-17,24,28H,6-7,12-13,18-20H2,1H3,(H,33,36)/t28-/m0/s1. The van der Waals surface area contributed by atoms with Crippen LogP contribution in [0.3, 0.4) is 0 Å². The van der Waals surface area contributed by atoms with Gasteiger partial charge in [-0.15, -0.1) is 0 Å². The van der Waals surface area contributed by atoms with Crippen molar-refractivity contribution in [1.82, 2.24) is 10.2 Å². The minimum absolute atomic E-state index is 0.0379. The van der Waals surface area contributed by atoms with Crippen molar-refractivity contribution in [2.45, 2.75) is 57.7 Å². The maximum absolute atomic E-state index is 14.7. The van der Waals surface area contributed by atoms with Crippen molar-refractivity contribution in [3.63, 3.8) is 0 Å². The van der Waals surface area contributed by atoms with E-state index in [1.807, 2.05) is 49.4 Å². The number of nitrogens with one attached hydrogen (secondary N) is 1. The van der Waals surface area contributed by atoms with Gasteiger partial charge in [-0.3, -0.25) is 9.59 Å². The van der Waals surface area contributed by atoms with Gasteiger partial charge in [0.25, 0.3) is 5.91 Å². The molecule has 4 rings (SSSR count). The van der Waals surface area contributed by atoms with Crippen molar-refractivity contribution < 1.29 is 18.7 Å². The third kappa shape index (κ3) is 7.41. The highest BCUT2D eigenvalue weighted by Crippen LogP contribution is 2.23. The van der Waals surface area contributed by atoms with Gasteiger partial charge in [0.05, 0.1) is 0 Å². The van der Waals surface area contributed by atoms with E-state index in [9.17, 15) is 14.0 Å². The molecule has 0 spiro atoms. The van der Waals surface area contributed by atoms with Gasteiger partial charge in [0.15, 0.2) is 6.61 Å². The second-order valence-electron chi connectivity index (χ2n) is 9.51. The smallest absolute Gasteiger partial charge is 0.261 e. The van der Waals surface area contributed by atoms with E-state index in [0.717, 1.165) is 41.3 Å². The molecule has 194 valence electrons. The lowest BCUT2D eigenvalue weighted by molar-refractivity contribution is -0.143. The summed E-state index contributed by atoms with van der Waals surface area (Å²) in [4.78, 5) is 28.7. The van der Waals surface area contributed by atoms with Crippen LogP contribution in [0.1, 0.15) is 42.4 Å². The molecular weight excluding hydrogens is 535 g/mol. The maximum atomic E-state index is 14.7. The van der Waals surface area contributed by atoms with Crippen molar-refractivity contribution >= 4 is 27.7 Å². The quantitative estimate of drug-likeness (QED) is 0.328. The second kappa shape index (κ2) is 12.9. The van der Waals surface area contributed by atoms with Crippen LogP contribution in [0.4, 0.5) is 4.39 Å². The number of amides is 2. The molecule has 0 saturated heterocycles. The number of aryl methyl sites for hydroxylation is 1. The lowest BCUT2D eigenvalue weighted by atomic mass is 10.0. The van der Waals surface area contributed by atoms with Crippen LogP contribution >= 0.6 is 15.9 Å². The number of hydrogen-bond donors (Lipinski definition) is 1. The first kappa shape index (κ1) is 26.9. The lowest BCUT2D eigenvalue weighted by Crippen LogP contribution is -2.53. The second-order valence-corrected chi connectivity index (χ2v) is 10.4. The molecule has 1 aliphatic carbocycles. The summed E-state index contributed by atoms with van der Waals surface area (Å²) in [6.07, 6.45) is 4.32. The SMILES string of the molecule is Cc1cc(OCC(=O)N(Cc2ccccc2F)[C@@H](Cc2ccccc2)C(=O)NC2CCCC2)ccc1Br. The number of carbonyl (C=O) groups excluding carboxylic acids is 2. The summed E-state index contributed by atoms with van der Waals surface area (Å²) in [6, 6.07) is 20.7. The Kier molecular flexibility index (Phi) is 9.34. The highest BCUT2D eigenvalue weighted by molar-refractivity contribution is 9.10. The minimum Gasteiger partial charge on any atom is -0.484 e. The van der Waals surface area contributed by atoms with Gasteiger partial charge >= 0.3 is 0 Å². The summed E-state index contributed by atoms with van der Waals surface area (Å²) >= 11 is 3.47. The van der Waals surface area contributed by atoms with Crippen LogP contribution in [0.2, 0.25) is 0 Å². The number of benzene rings is 3. The van der Waals surface area contributed by atoms with E-state index in [-0.39, 0.29) is 31.0 Å². The largest absolute Gasteiger partial charge is 0.484 e. The lowest BCUT2D eigenvalue weighted by Gasteiger charge is -2.32. The molecule has 1 saturated carbocycles. The fraction of sp³-hybridized carbons (Fsp3) is 0.333. The van der Waals surface area contributed by atoms with Crippen LogP contribution in [-0.4, -0.2) is 35.4 Å². The normalized spacial score (nSPS) is 14.2. The third-order valence-corrected chi connectivity index (χ3v) is 7.65. The van der Waals surface area contributed by atoms with Crippen LogP contribution in [0.15, 0.2) is 77.3 Å². The number of nitrogens with zero attached hydrogens (tertiary/aromatic N) is 1. The molecule has 5 nitrogen and oxygen atoms in total. The highest BCUT2D eigenvalue weighted by Gasteiger charge is 2.32. The fourth-order valence-electron chi connectivity index (χ4n) is 4.67. The average molecular weight is 567 g/mol. The van der Waals surface area contributed by atoms with Crippen LogP contribution in [-0.2, 0) is 22.6 Å². The molecule has 1 atom stereocenters. The number of halogens is 2. The molecule has 37 heavy (non-hydrogen) atoms. The summed E-state index contributed by atoms with van der Waals surface area (Å²) < 4.78 is 21.5. The fourth-order valence-corrected chi connectivity index (χ4v) is 4.91. The molecule has 2 amide bonds. The van der Waals surface area contributed by atoms with Crippen molar-refractivity contribution in [1.29, 1.82) is 0 Å². The zero-order valence-corrected chi connectivity index (χ0v) is 22.5. The molecule has 1 aliphatic rings. The first-order valence-electron chi connectivity index (χ1n) is 12.7. The molecule has 0 unspecified atom stereocenters. The molecule has 0 aromatic heterocycles. The van der Waals surface area contributed by atoms with E-state index in [2.05, 4.69) is 21.2 Å². The summed E-state index contributed by atoms with van der Waals surface area (Å²) in [7, 11) is 0. The molecule has 1 fully saturated rings. The molecule has 0 aliphatic heterocycles. The van der Waals surface area contributed by atoms with E-state index in [4.69, 9.17) is 4.74 Å². The molecule has 3 aromatic rings. The Balaban J connectivity index is 1.62. The molecule has 0 bridgehead atoms. The van der Waals surface area contributed by atoms with E-state index in [0.29, 0.717) is 17.7 Å². The Bertz CT molecular complexity index is 1210. The monoisotopic (exact) mass is 566 g/mol. The van der Waals surface area contributed by atoms with Gasteiger partial charge in [0, 0.05) is 29.0 Å².